The van der Waals surface area contributed by atoms with Gasteiger partial charge in [-0.15, -0.1) is 11.3 Å². The van der Waals surface area contributed by atoms with E-state index in [1.165, 1.54) is 34.2 Å². The fourth-order valence-corrected chi connectivity index (χ4v) is 4.04. The SMILES string of the molecule is CC(C)n1nc(-c2sc(C(=O)NCc3ccncc3)nc2-c2ccc(F)cc2)ccc1=O. The monoisotopic (exact) mass is 449 g/mol. The number of pyridine rings is 1. The second-order valence-corrected chi connectivity index (χ2v) is 8.34. The quantitative estimate of drug-likeness (QED) is 0.479. The van der Waals surface area contributed by atoms with E-state index in [2.05, 4.69) is 20.4 Å². The van der Waals surface area contributed by atoms with Gasteiger partial charge in [-0.1, -0.05) is 0 Å². The predicted octanol–water partition coefficient (Wildman–Crippen LogP) is 4.08. The molecule has 3 aromatic heterocycles. The summed E-state index contributed by atoms with van der Waals surface area (Å²) < 4.78 is 14.9. The molecule has 0 radical (unpaired) electrons. The molecule has 4 aromatic rings. The van der Waals surface area contributed by atoms with Crippen LogP contribution in [0.2, 0.25) is 0 Å². The number of aromatic nitrogens is 4. The molecule has 32 heavy (non-hydrogen) atoms. The molecule has 0 bridgehead atoms. The van der Waals surface area contributed by atoms with Gasteiger partial charge in [-0.3, -0.25) is 14.6 Å². The molecule has 0 saturated carbocycles. The van der Waals surface area contributed by atoms with Crippen molar-refractivity contribution in [3.05, 3.63) is 87.7 Å². The first-order valence-corrected chi connectivity index (χ1v) is 10.8. The van der Waals surface area contributed by atoms with E-state index in [-0.39, 0.29) is 28.3 Å². The van der Waals surface area contributed by atoms with Gasteiger partial charge in [0.25, 0.3) is 11.5 Å². The number of nitrogens with zero attached hydrogens (tertiary/aromatic N) is 4. The number of hydrogen-bond acceptors (Lipinski definition) is 6. The van der Waals surface area contributed by atoms with Gasteiger partial charge in [0.05, 0.1) is 16.6 Å². The van der Waals surface area contributed by atoms with Crippen molar-refractivity contribution in [1.29, 1.82) is 0 Å². The molecule has 0 aliphatic heterocycles. The molecular formula is C23H20FN5O2S. The van der Waals surface area contributed by atoms with Crippen molar-refractivity contribution < 1.29 is 9.18 Å². The first kappa shape index (κ1) is 21.5. The number of benzene rings is 1. The Labute approximate surface area is 187 Å². The van der Waals surface area contributed by atoms with Crippen LogP contribution >= 0.6 is 11.3 Å². The standard InChI is InChI=1S/C23H20FN5O2S/c1-14(2)29-19(30)8-7-18(28-29)21-20(16-3-5-17(24)6-4-16)27-23(32-21)22(31)26-13-15-9-11-25-12-10-15/h3-12,14H,13H2,1-2H3,(H,26,31). The van der Waals surface area contributed by atoms with E-state index < -0.39 is 0 Å². The van der Waals surface area contributed by atoms with Gasteiger partial charge < -0.3 is 5.32 Å². The van der Waals surface area contributed by atoms with Crippen molar-refractivity contribution >= 4 is 17.2 Å². The Balaban J connectivity index is 1.74. The minimum atomic E-state index is -0.368. The van der Waals surface area contributed by atoms with Crippen LogP contribution in [-0.2, 0) is 6.54 Å². The number of amides is 1. The highest BCUT2D eigenvalue weighted by Crippen LogP contribution is 2.36. The average molecular weight is 450 g/mol. The van der Waals surface area contributed by atoms with Crippen LogP contribution in [0.15, 0.2) is 65.7 Å². The van der Waals surface area contributed by atoms with E-state index in [0.717, 1.165) is 5.56 Å². The molecule has 1 N–H and O–H groups in total. The fraction of sp³-hybridized carbons (Fsp3) is 0.174. The lowest BCUT2D eigenvalue weighted by molar-refractivity contribution is 0.0950. The maximum atomic E-state index is 13.5. The molecule has 0 saturated heterocycles. The predicted molar refractivity (Wildman–Crippen MR) is 121 cm³/mol. The second kappa shape index (κ2) is 9.19. The van der Waals surface area contributed by atoms with Crippen molar-refractivity contribution in [3.63, 3.8) is 0 Å². The lowest BCUT2D eigenvalue weighted by atomic mass is 10.1. The lowest BCUT2D eigenvalue weighted by Gasteiger charge is -2.09. The summed E-state index contributed by atoms with van der Waals surface area (Å²) in [5.74, 6) is -0.703. The number of nitrogens with one attached hydrogen (secondary N) is 1. The highest BCUT2D eigenvalue weighted by atomic mass is 32.1. The molecule has 0 aliphatic carbocycles. The van der Waals surface area contributed by atoms with E-state index in [9.17, 15) is 14.0 Å². The molecule has 3 heterocycles. The van der Waals surface area contributed by atoms with Crippen molar-refractivity contribution in [2.75, 3.05) is 0 Å². The number of carbonyl (C=O) groups is 1. The Morgan fingerprint density at radius 2 is 1.81 bits per heavy atom. The normalized spacial score (nSPS) is 11.0. The smallest absolute Gasteiger partial charge is 0.280 e. The average Bonchev–Trinajstić information content (AvgIpc) is 3.24. The van der Waals surface area contributed by atoms with Crippen LogP contribution in [0.1, 0.15) is 35.3 Å². The molecule has 0 atom stereocenters. The number of thiazole rings is 1. The summed E-state index contributed by atoms with van der Waals surface area (Å²) in [7, 11) is 0. The summed E-state index contributed by atoms with van der Waals surface area (Å²) in [6.07, 6.45) is 3.32. The van der Waals surface area contributed by atoms with E-state index in [0.29, 0.717) is 28.4 Å². The van der Waals surface area contributed by atoms with Gasteiger partial charge >= 0.3 is 0 Å². The Morgan fingerprint density at radius 1 is 1.09 bits per heavy atom. The van der Waals surface area contributed by atoms with Gasteiger partial charge in [-0.05, 0) is 61.9 Å². The van der Waals surface area contributed by atoms with E-state index >= 15 is 0 Å². The van der Waals surface area contributed by atoms with Crippen molar-refractivity contribution in [1.82, 2.24) is 25.1 Å². The van der Waals surface area contributed by atoms with Crippen molar-refractivity contribution in [2.45, 2.75) is 26.4 Å². The van der Waals surface area contributed by atoms with E-state index in [1.54, 1.807) is 30.6 Å². The summed E-state index contributed by atoms with van der Waals surface area (Å²) in [5, 5.41) is 7.57. The van der Waals surface area contributed by atoms with Crippen LogP contribution in [0.4, 0.5) is 4.39 Å². The molecule has 0 unspecified atom stereocenters. The molecule has 0 fully saturated rings. The molecular weight excluding hydrogens is 429 g/mol. The summed E-state index contributed by atoms with van der Waals surface area (Å²) in [6.45, 7) is 4.06. The molecule has 162 valence electrons. The molecule has 0 aliphatic rings. The first-order valence-electron chi connectivity index (χ1n) is 9.96. The third-order valence-corrected chi connectivity index (χ3v) is 5.76. The first-order chi connectivity index (χ1) is 15.4. The third kappa shape index (κ3) is 4.62. The molecule has 0 spiro atoms. The van der Waals surface area contributed by atoms with Crippen molar-refractivity contribution in [2.24, 2.45) is 0 Å². The lowest BCUT2D eigenvalue weighted by Crippen LogP contribution is -2.23. The van der Waals surface area contributed by atoms with E-state index in [1.807, 2.05) is 26.0 Å². The van der Waals surface area contributed by atoms with Crippen LogP contribution in [-0.4, -0.2) is 25.7 Å². The van der Waals surface area contributed by atoms with Gasteiger partial charge in [0.2, 0.25) is 0 Å². The highest BCUT2D eigenvalue weighted by molar-refractivity contribution is 7.17. The van der Waals surface area contributed by atoms with Crippen LogP contribution in [0, 0.1) is 5.82 Å². The zero-order valence-corrected chi connectivity index (χ0v) is 18.3. The molecule has 1 aromatic carbocycles. The Bertz CT molecular complexity index is 1300. The molecule has 9 heteroatoms. The van der Waals surface area contributed by atoms with Crippen LogP contribution in [0.3, 0.4) is 0 Å². The van der Waals surface area contributed by atoms with Crippen molar-refractivity contribution in [3.8, 4) is 21.8 Å². The summed E-state index contributed by atoms with van der Waals surface area (Å²) >= 11 is 1.17. The summed E-state index contributed by atoms with van der Waals surface area (Å²) in [5.41, 5.74) is 2.37. The van der Waals surface area contributed by atoms with Crippen LogP contribution < -0.4 is 10.9 Å². The minimum absolute atomic E-state index is 0.132. The Hall–Kier alpha value is -3.72. The molecule has 7 nitrogen and oxygen atoms in total. The van der Waals surface area contributed by atoms with Crippen LogP contribution in [0.5, 0.6) is 0 Å². The Morgan fingerprint density at radius 3 is 2.50 bits per heavy atom. The summed E-state index contributed by atoms with van der Waals surface area (Å²) in [4.78, 5) is 34.1. The van der Waals surface area contributed by atoms with Gasteiger partial charge in [-0.2, -0.15) is 5.10 Å². The topological polar surface area (TPSA) is 89.8 Å². The second-order valence-electron chi connectivity index (χ2n) is 7.34. The Kier molecular flexibility index (Phi) is 6.18. The van der Waals surface area contributed by atoms with Gasteiger partial charge in [0.1, 0.15) is 11.5 Å². The van der Waals surface area contributed by atoms with Gasteiger partial charge in [0.15, 0.2) is 5.01 Å². The van der Waals surface area contributed by atoms with Gasteiger partial charge in [-0.25, -0.2) is 14.1 Å². The number of carbonyl (C=O) groups excluding carboxylic acids is 1. The van der Waals surface area contributed by atoms with Gasteiger partial charge in [0, 0.05) is 30.6 Å². The molecule has 4 rings (SSSR count). The maximum Gasteiger partial charge on any atom is 0.280 e. The zero-order chi connectivity index (χ0) is 22.7. The number of halogens is 1. The van der Waals surface area contributed by atoms with E-state index in [4.69, 9.17) is 0 Å². The summed E-state index contributed by atoms with van der Waals surface area (Å²) in [6, 6.07) is 12.4. The minimum Gasteiger partial charge on any atom is -0.346 e. The number of hydrogen-bond donors (Lipinski definition) is 1. The largest absolute Gasteiger partial charge is 0.346 e. The third-order valence-electron chi connectivity index (χ3n) is 4.69. The fourth-order valence-electron chi connectivity index (χ4n) is 3.07. The maximum absolute atomic E-state index is 13.5. The van der Waals surface area contributed by atoms with Crippen LogP contribution in [0.25, 0.3) is 21.8 Å². The highest BCUT2D eigenvalue weighted by Gasteiger charge is 2.21. The molecule has 1 amide bonds. The zero-order valence-electron chi connectivity index (χ0n) is 17.4. The number of rotatable bonds is 6.